The van der Waals surface area contributed by atoms with Crippen LogP contribution in [0.1, 0.15) is 22.2 Å². The van der Waals surface area contributed by atoms with E-state index in [2.05, 4.69) is 5.38 Å². The Balaban J connectivity index is 2.59. The molecule has 2 aromatic rings. The lowest BCUT2D eigenvalue weighted by Gasteiger charge is -2.01. The molecule has 0 N–H and O–H groups in total. The van der Waals surface area contributed by atoms with Crippen molar-refractivity contribution in [2.45, 2.75) is 13.8 Å². The summed E-state index contributed by atoms with van der Waals surface area (Å²) in [5.74, 6) is 0.146. The Morgan fingerprint density at radius 1 is 1.20 bits per heavy atom. The van der Waals surface area contributed by atoms with Gasteiger partial charge < -0.3 is 0 Å². The van der Waals surface area contributed by atoms with Crippen molar-refractivity contribution in [2.75, 3.05) is 0 Å². The van der Waals surface area contributed by atoms with Gasteiger partial charge in [-0.1, -0.05) is 30.3 Å². The van der Waals surface area contributed by atoms with Gasteiger partial charge in [-0.15, -0.1) is 11.3 Å². The highest BCUT2D eigenvalue weighted by Crippen LogP contribution is 2.31. The number of carbonyl (C=O) groups excluding carboxylic acids is 1. The second-order valence-electron chi connectivity index (χ2n) is 3.50. The van der Waals surface area contributed by atoms with Gasteiger partial charge in [0.25, 0.3) is 0 Å². The second-order valence-corrected chi connectivity index (χ2v) is 4.59. The van der Waals surface area contributed by atoms with Crippen LogP contribution in [0.25, 0.3) is 11.1 Å². The van der Waals surface area contributed by atoms with Crippen molar-refractivity contribution in [2.24, 2.45) is 0 Å². The molecule has 1 heterocycles. The number of aryl methyl sites for hydroxylation is 1. The lowest BCUT2D eigenvalue weighted by molar-refractivity contribution is 0.101. The standard InChI is InChI=1S/C13H12OS/c1-9(14)13-10(2)15-8-12(13)11-6-4-3-5-7-11/h3-8H,1-2H3. The van der Waals surface area contributed by atoms with Gasteiger partial charge in [0.05, 0.1) is 0 Å². The van der Waals surface area contributed by atoms with Crippen LogP contribution in [0.2, 0.25) is 0 Å². The summed E-state index contributed by atoms with van der Waals surface area (Å²) in [6.07, 6.45) is 0. The number of benzene rings is 1. The van der Waals surface area contributed by atoms with E-state index in [-0.39, 0.29) is 5.78 Å². The van der Waals surface area contributed by atoms with E-state index in [4.69, 9.17) is 0 Å². The zero-order valence-corrected chi connectivity index (χ0v) is 9.60. The fourth-order valence-electron chi connectivity index (χ4n) is 1.72. The average molecular weight is 216 g/mol. The van der Waals surface area contributed by atoms with Crippen molar-refractivity contribution in [1.29, 1.82) is 0 Å². The fraction of sp³-hybridized carbons (Fsp3) is 0.154. The Kier molecular flexibility index (Phi) is 2.69. The smallest absolute Gasteiger partial charge is 0.161 e. The molecule has 0 saturated carbocycles. The third kappa shape index (κ3) is 1.85. The molecule has 1 aromatic carbocycles. The maximum Gasteiger partial charge on any atom is 0.161 e. The van der Waals surface area contributed by atoms with Crippen LogP contribution in [0.3, 0.4) is 0 Å². The van der Waals surface area contributed by atoms with Crippen molar-refractivity contribution in [3.8, 4) is 11.1 Å². The van der Waals surface area contributed by atoms with Gasteiger partial charge in [-0.25, -0.2) is 0 Å². The predicted octanol–water partition coefficient (Wildman–Crippen LogP) is 3.93. The van der Waals surface area contributed by atoms with Crippen molar-refractivity contribution >= 4 is 17.1 Å². The van der Waals surface area contributed by atoms with Gasteiger partial charge in [0.2, 0.25) is 0 Å². The van der Waals surface area contributed by atoms with E-state index in [1.54, 1.807) is 18.3 Å². The minimum Gasteiger partial charge on any atom is -0.294 e. The topological polar surface area (TPSA) is 17.1 Å². The molecule has 0 bridgehead atoms. The fourth-order valence-corrected chi connectivity index (χ4v) is 2.64. The van der Waals surface area contributed by atoms with Crippen LogP contribution in [0.4, 0.5) is 0 Å². The van der Waals surface area contributed by atoms with Gasteiger partial charge in [0.1, 0.15) is 0 Å². The van der Waals surface area contributed by atoms with Crippen LogP contribution >= 0.6 is 11.3 Å². The Hall–Kier alpha value is -1.41. The lowest BCUT2D eigenvalue weighted by Crippen LogP contribution is -1.94. The van der Waals surface area contributed by atoms with Gasteiger partial charge in [-0.05, 0) is 24.8 Å². The summed E-state index contributed by atoms with van der Waals surface area (Å²) in [6.45, 7) is 3.62. The molecule has 0 atom stereocenters. The molecule has 0 saturated heterocycles. The number of carbonyl (C=O) groups is 1. The first-order valence-corrected chi connectivity index (χ1v) is 5.72. The zero-order chi connectivity index (χ0) is 10.8. The van der Waals surface area contributed by atoms with E-state index in [1.165, 1.54) is 0 Å². The summed E-state index contributed by atoms with van der Waals surface area (Å²) in [5, 5.41) is 2.06. The SMILES string of the molecule is CC(=O)c1c(-c2ccccc2)csc1C. The first-order chi connectivity index (χ1) is 7.20. The number of hydrogen-bond acceptors (Lipinski definition) is 2. The van der Waals surface area contributed by atoms with Gasteiger partial charge in [-0.3, -0.25) is 4.79 Å². The maximum atomic E-state index is 11.5. The lowest BCUT2D eigenvalue weighted by atomic mass is 10.0. The van der Waals surface area contributed by atoms with Crippen molar-refractivity contribution in [3.05, 3.63) is 46.2 Å². The van der Waals surface area contributed by atoms with Gasteiger partial charge >= 0.3 is 0 Å². The van der Waals surface area contributed by atoms with E-state index in [0.717, 1.165) is 21.6 Å². The highest BCUT2D eigenvalue weighted by atomic mass is 32.1. The first-order valence-electron chi connectivity index (χ1n) is 4.84. The quantitative estimate of drug-likeness (QED) is 0.695. The van der Waals surface area contributed by atoms with E-state index in [1.807, 2.05) is 37.3 Å². The van der Waals surface area contributed by atoms with Crippen LogP contribution in [-0.4, -0.2) is 5.78 Å². The van der Waals surface area contributed by atoms with Gasteiger partial charge in [0, 0.05) is 16.0 Å². The van der Waals surface area contributed by atoms with Crippen molar-refractivity contribution < 1.29 is 4.79 Å². The third-order valence-corrected chi connectivity index (χ3v) is 3.32. The summed E-state index contributed by atoms with van der Waals surface area (Å²) in [7, 11) is 0. The molecule has 0 fully saturated rings. The molecule has 0 aliphatic carbocycles. The normalized spacial score (nSPS) is 10.3. The number of hydrogen-bond donors (Lipinski definition) is 0. The van der Waals surface area contributed by atoms with E-state index in [0.29, 0.717) is 0 Å². The zero-order valence-electron chi connectivity index (χ0n) is 8.78. The highest BCUT2D eigenvalue weighted by molar-refractivity contribution is 7.10. The molecule has 1 aromatic heterocycles. The molecular formula is C13H12OS. The van der Waals surface area contributed by atoms with Crippen LogP contribution in [-0.2, 0) is 0 Å². The Morgan fingerprint density at radius 3 is 2.47 bits per heavy atom. The van der Waals surface area contributed by atoms with E-state index in [9.17, 15) is 4.79 Å². The van der Waals surface area contributed by atoms with E-state index < -0.39 is 0 Å². The highest BCUT2D eigenvalue weighted by Gasteiger charge is 2.13. The van der Waals surface area contributed by atoms with Gasteiger partial charge in [-0.2, -0.15) is 0 Å². The minimum atomic E-state index is 0.146. The molecule has 1 nitrogen and oxygen atoms in total. The summed E-state index contributed by atoms with van der Waals surface area (Å²) < 4.78 is 0. The molecule has 15 heavy (non-hydrogen) atoms. The molecule has 0 aliphatic rings. The van der Waals surface area contributed by atoms with Crippen LogP contribution in [0, 0.1) is 6.92 Å². The third-order valence-electron chi connectivity index (χ3n) is 2.41. The number of Topliss-reactive ketones (excluding diaryl/α,β-unsaturated/α-hetero) is 1. The number of rotatable bonds is 2. The summed E-state index contributed by atoms with van der Waals surface area (Å²) >= 11 is 1.63. The summed E-state index contributed by atoms with van der Waals surface area (Å²) in [5.41, 5.74) is 3.05. The molecule has 2 heteroatoms. The number of thiophene rings is 1. The summed E-state index contributed by atoms with van der Waals surface area (Å²) in [4.78, 5) is 12.6. The van der Waals surface area contributed by atoms with Crippen molar-refractivity contribution in [3.63, 3.8) is 0 Å². The Bertz CT molecular complexity index is 482. The molecule has 0 radical (unpaired) electrons. The van der Waals surface area contributed by atoms with Gasteiger partial charge in [0.15, 0.2) is 5.78 Å². The Morgan fingerprint density at radius 2 is 1.87 bits per heavy atom. The molecule has 2 rings (SSSR count). The Labute approximate surface area is 93.4 Å². The molecule has 0 amide bonds. The monoisotopic (exact) mass is 216 g/mol. The second kappa shape index (κ2) is 3.99. The first kappa shape index (κ1) is 10.1. The number of ketones is 1. The summed E-state index contributed by atoms with van der Waals surface area (Å²) in [6, 6.07) is 10.0. The molecule has 0 spiro atoms. The molecular weight excluding hydrogens is 204 g/mol. The van der Waals surface area contributed by atoms with Crippen molar-refractivity contribution in [1.82, 2.24) is 0 Å². The predicted molar refractivity (Wildman–Crippen MR) is 64.5 cm³/mol. The minimum absolute atomic E-state index is 0.146. The molecule has 0 unspecified atom stereocenters. The molecule has 76 valence electrons. The largest absolute Gasteiger partial charge is 0.294 e. The molecule has 0 aliphatic heterocycles. The van der Waals surface area contributed by atoms with Crippen LogP contribution in [0.15, 0.2) is 35.7 Å². The van der Waals surface area contributed by atoms with Crippen LogP contribution < -0.4 is 0 Å². The maximum absolute atomic E-state index is 11.5. The van der Waals surface area contributed by atoms with Crippen LogP contribution in [0.5, 0.6) is 0 Å². The van der Waals surface area contributed by atoms with E-state index >= 15 is 0 Å². The average Bonchev–Trinajstić information content (AvgIpc) is 2.61.